The highest BCUT2D eigenvalue weighted by molar-refractivity contribution is 8.00. The van der Waals surface area contributed by atoms with Gasteiger partial charge >= 0.3 is 0 Å². The minimum absolute atomic E-state index is 0.0280. The summed E-state index contributed by atoms with van der Waals surface area (Å²) < 4.78 is 1.86. The van der Waals surface area contributed by atoms with Gasteiger partial charge in [-0.05, 0) is 42.7 Å². The van der Waals surface area contributed by atoms with Gasteiger partial charge in [0.05, 0.1) is 17.6 Å². The van der Waals surface area contributed by atoms with Gasteiger partial charge in [0.2, 0.25) is 5.91 Å². The first-order chi connectivity index (χ1) is 18.1. The molecule has 2 aromatic heterocycles. The van der Waals surface area contributed by atoms with Crippen LogP contribution in [0.15, 0.2) is 96.0 Å². The standard InChI is InChI=1S/C30H29N5OS/c1-21-8-6-7-11-26(21)27-16-28(35-30(34-27)22(2)17-33-35)31-18-23-12-14-24(15-13-23)19-32-29(36)20-37-25-9-4-3-5-10-25/h3-17,31H,18-20H2,1-2H3,(H,32,36). The average molecular weight is 508 g/mol. The third kappa shape index (κ3) is 6.01. The number of fused-ring (bicyclic) bond motifs is 1. The first kappa shape index (κ1) is 24.6. The fourth-order valence-electron chi connectivity index (χ4n) is 4.08. The van der Waals surface area contributed by atoms with Crippen LogP contribution in [0.4, 0.5) is 5.82 Å². The van der Waals surface area contributed by atoms with E-state index in [0.717, 1.165) is 44.3 Å². The van der Waals surface area contributed by atoms with E-state index in [2.05, 4.69) is 65.1 Å². The first-order valence-corrected chi connectivity index (χ1v) is 13.2. The molecule has 0 spiro atoms. The van der Waals surface area contributed by atoms with Gasteiger partial charge in [-0.1, -0.05) is 66.7 Å². The molecular weight excluding hydrogens is 478 g/mol. The number of nitrogens with one attached hydrogen (secondary N) is 2. The van der Waals surface area contributed by atoms with E-state index in [-0.39, 0.29) is 5.91 Å². The molecule has 0 bridgehead atoms. The molecule has 0 atom stereocenters. The van der Waals surface area contributed by atoms with Crippen LogP contribution in [0.1, 0.15) is 22.3 Å². The lowest BCUT2D eigenvalue weighted by molar-refractivity contribution is -0.118. The van der Waals surface area contributed by atoms with Crippen LogP contribution in [-0.4, -0.2) is 26.3 Å². The summed E-state index contributed by atoms with van der Waals surface area (Å²) in [7, 11) is 0. The number of thioether (sulfide) groups is 1. The predicted octanol–water partition coefficient (Wildman–Crippen LogP) is 6.03. The summed E-state index contributed by atoms with van der Waals surface area (Å²) in [6.07, 6.45) is 1.84. The van der Waals surface area contributed by atoms with E-state index < -0.39 is 0 Å². The SMILES string of the molecule is Cc1ccccc1-c1cc(NCc2ccc(CNC(=O)CSc3ccccc3)cc2)n2ncc(C)c2n1. The number of carbonyl (C=O) groups is 1. The maximum atomic E-state index is 12.2. The summed E-state index contributed by atoms with van der Waals surface area (Å²) in [5, 5.41) is 11.1. The van der Waals surface area contributed by atoms with Gasteiger partial charge in [-0.25, -0.2) is 4.98 Å². The smallest absolute Gasteiger partial charge is 0.230 e. The Labute approximate surface area is 221 Å². The lowest BCUT2D eigenvalue weighted by Gasteiger charge is -2.13. The van der Waals surface area contributed by atoms with Crippen molar-refractivity contribution in [3.05, 3.63) is 113 Å². The van der Waals surface area contributed by atoms with Crippen molar-refractivity contribution in [2.45, 2.75) is 31.8 Å². The van der Waals surface area contributed by atoms with Crippen molar-refractivity contribution in [2.75, 3.05) is 11.1 Å². The number of rotatable bonds is 9. The van der Waals surface area contributed by atoms with Gasteiger partial charge in [0.15, 0.2) is 5.65 Å². The van der Waals surface area contributed by atoms with Crippen molar-refractivity contribution in [1.29, 1.82) is 0 Å². The first-order valence-electron chi connectivity index (χ1n) is 12.2. The van der Waals surface area contributed by atoms with Gasteiger partial charge in [0, 0.05) is 35.2 Å². The van der Waals surface area contributed by atoms with E-state index >= 15 is 0 Å². The number of carbonyl (C=O) groups excluding carboxylic acids is 1. The van der Waals surface area contributed by atoms with Gasteiger partial charge in [-0.3, -0.25) is 4.79 Å². The fraction of sp³-hybridized carbons (Fsp3) is 0.167. The predicted molar refractivity (Wildman–Crippen MR) is 151 cm³/mol. The summed E-state index contributed by atoms with van der Waals surface area (Å²) >= 11 is 1.54. The summed E-state index contributed by atoms with van der Waals surface area (Å²) in [6.45, 7) is 5.28. The van der Waals surface area contributed by atoms with Gasteiger partial charge in [0.25, 0.3) is 0 Å². The van der Waals surface area contributed by atoms with E-state index in [4.69, 9.17) is 4.98 Å². The third-order valence-corrected chi connectivity index (χ3v) is 7.18. The molecule has 5 rings (SSSR count). The quantitative estimate of drug-likeness (QED) is 0.238. The molecule has 0 fully saturated rings. The summed E-state index contributed by atoms with van der Waals surface area (Å²) in [5.41, 5.74) is 7.31. The van der Waals surface area contributed by atoms with E-state index in [0.29, 0.717) is 18.8 Å². The zero-order valence-corrected chi connectivity index (χ0v) is 21.8. The molecule has 37 heavy (non-hydrogen) atoms. The van der Waals surface area contributed by atoms with Crippen LogP contribution >= 0.6 is 11.8 Å². The van der Waals surface area contributed by atoms with Crippen molar-refractivity contribution < 1.29 is 4.79 Å². The highest BCUT2D eigenvalue weighted by Gasteiger charge is 2.12. The van der Waals surface area contributed by atoms with E-state index in [1.54, 1.807) is 11.8 Å². The zero-order valence-electron chi connectivity index (χ0n) is 20.9. The monoisotopic (exact) mass is 507 g/mol. The molecule has 0 aliphatic heterocycles. The van der Waals surface area contributed by atoms with Crippen LogP contribution in [-0.2, 0) is 17.9 Å². The molecule has 0 unspecified atom stereocenters. The molecule has 1 amide bonds. The van der Waals surface area contributed by atoms with Gasteiger partial charge < -0.3 is 10.6 Å². The lowest BCUT2D eigenvalue weighted by Crippen LogP contribution is -2.24. The van der Waals surface area contributed by atoms with Crippen molar-refractivity contribution in [1.82, 2.24) is 19.9 Å². The Morgan fingerprint density at radius 3 is 2.32 bits per heavy atom. The van der Waals surface area contributed by atoms with Crippen molar-refractivity contribution in [2.24, 2.45) is 0 Å². The third-order valence-electron chi connectivity index (χ3n) is 6.17. The largest absolute Gasteiger partial charge is 0.366 e. The number of aryl methyl sites for hydroxylation is 2. The molecule has 7 heteroatoms. The summed E-state index contributed by atoms with van der Waals surface area (Å²) in [5.74, 6) is 1.33. The Balaban J connectivity index is 1.21. The molecule has 2 heterocycles. The second kappa shape index (κ2) is 11.3. The van der Waals surface area contributed by atoms with Crippen LogP contribution in [0, 0.1) is 13.8 Å². The van der Waals surface area contributed by atoms with Crippen LogP contribution in [0.3, 0.4) is 0 Å². The van der Waals surface area contributed by atoms with E-state index in [9.17, 15) is 4.79 Å². The summed E-state index contributed by atoms with van der Waals surface area (Å²) in [6, 6.07) is 28.6. The van der Waals surface area contributed by atoms with E-state index in [1.165, 1.54) is 5.56 Å². The fourth-order valence-corrected chi connectivity index (χ4v) is 4.83. The normalized spacial score (nSPS) is 11.0. The second-order valence-electron chi connectivity index (χ2n) is 8.95. The van der Waals surface area contributed by atoms with Crippen molar-refractivity contribution in [3.63, 3.8) is 0 Å². The molecular formula is C30H29N5OS. The molecule has 5 aromatic rings. The maximum Gasteiger partial charge on any atom is 0.230 e. The topological polar surface area (TPSA) is 71.3 Å². The molecule has 0 saturated heterocycles. The van der Waals surface area contributed by atoms with Gasteiger partial charge in [0.1, 0.15) is 5.82 Å². The van der Waals surface area contributed by atoms with Gasteiger partial charge in [-0.2, -0.15) is 9.61 Å². The molecule has 6 nitrogen and oxygen atoms in total. The number of nitrogens with zero attached hydrogens (tertiary/aromatic N) is 3. The van der Waals surface area contributed by atoms with Crippen LogP contribution in [0.2, 0.25) is 0 Å². The number of benzene rings is 3. The number of amides is 1. The Bertz CT molecular complexity index is 1510. The zero-order chi connectivity index (χ0) is 25.6. The van der Waals surface area contributed by atoms with Crippen LogP contribution in [0.25, 0.3) is 16.9 Å². The summed E-state index contributed by atoms with van der Waals surface area (Å²) in [4.78, 5) is 18.2. The molecule has 0 radical (unpaired) electrons. The number of hydrogen-bond acceptors (Lipinski definition) is 5. The Kier molecular flexibility index (Phi) is 7.51. The Morgan fingerprint density at radius 1 is 0.865 bits per heavy atom. The number of hydrogen-bond donors (Lipinski definition) is 2. The average Bonchev–Trinajstić information content (AvgIpc) is 3.31. The Morgan fingerprint density at radius 2 is 1.57 bits per heavy atom. The molecule has 0 aliphatic carbocycles. The van der Waals surface area contributed by atoms with Crippen LogP contribution in [0.5, 0.6) is 0 Å². The minimum Gasteiger partial charge on any atom is -0.366 e. The molecule has 3 aromatic carbocycles. The lowest BCUT2D eigenvalue weighted by atomic mass is 10.1. The van der Waals surface area contributed by atoms with Crippen LogP contribution < -0.4 is 10.6 Å². The second-order valence-corrected chi connectivity index (χ2v) is 10.0. The Hall–Kier alpha value is -4.10. The van der Waals surface area contributed by atoms with E-state index in [1.807, 2.05) is 60.1 Å². The molecule has 2 N–H and O–H groups in total. The van der Waals surface area contributed by atoms with Gasteiger partial charge in [-0.15, -0.1) is 11.8 Å². The minimum atomic E-state index is 0.0280. The molecule has 0 aliphatic rings. The highest BCUT2D eigenvalue weighted by Crippen LogP contribution is 2.26. The van der Waals surface area contributed by atoms with Crippen molar-refractivity contribution >= 4 is 29.1 Å². The molecule has 0 saturated carbocycles. The number of anilines is 1. The maximum absolute atomic E-state index is 12.2. The molecule has 186 valence electrons. The highest BCUT2D eigenvalue weighted by atomic mass is 32.2. The number of aromatic nitrogens is 3. The van der Waals surface area contributed by atoms with Crippen molar-refractivity contribution in [3.8, 4) is 11.3 Å².